The first-order valence-electron chi connectivity index (χ1n) is 13.5. The van der Waals surface area contributed by atoms with Crippen molar-refractivity contribution in [2.45, 2.75) is 19.1 Å². The van der Waals surface area contributed by atoms with Crippen LogP contribution in [0.25, 0.3) is 32.5 Å². The van der Waals surface area contributed by atoms with Crippen LogP contribution in [-0.4, -0.2) is 37.4 Å². The third kappa shape index (κ3) is 6.26. The monoisotopic (exact) mass is 655 g/mol. The summed E-state index contributed by atoms with van der Waals surface area (Å²) >= 11 is 1.28. The van der Waals surface area contributed by atoms with Crippen LogP contribution in [0.3, 0.4) is 0 Å². The second-order valence-corrected chi connectivity index (χ2v) is 13.2. The van der Waals surface area contributed by atoms with Crippen LogP contribution in [0.5, 0.6) is 0 Å². The summed E-state index contributed by atoms with van der Waals surface area (Å²) in [7, 11) is -3.73. The fraction of sp³-hybridized carbons (Fsp3) is 0.167. The Hall–Kier alpha value is -4.76. The van der Waals surface area contributed by atoms with Crippen LogP contribution in [0, 0.1) is 5.82 Å². The molecule has 1 aliphatic rings. The molecular formula is C30H25F4N7O2S2. The zero-order valence-electron chi connectivity index (χ0n) is 23.7. The van der Waals surface area contributed by atoms with Crippen molar-refractivity contribution >= 4 is 65.8 Å². The van der Waals surface area contributed by atoms with Crippen LogP contribution in [0.1, 0.15) is 24.2 Å². The summed E-state index contributed by atoms with van der Waals surface area (Å²) in [6.45, 7) is 2.18. The molecule has 0 bridgehead atoms. The number of sulfonamides is 1. The Bertz CT molecular complexity index is 2100. The van der Waals surface area contributed by atoms with Crippen LogP contribution in [0.4, 0.5) is 45.6 Å². The molecule has 6 rings (SSSR count). The molecule has 1 atom stereocenters. The maximum atomic E-state index is 14.8. The molecule has 1 unspecified atom stereocenters. The molecule has 45 heavy (non-hydrogen) atoms. The fourth-order valence-electron chi connectivity index (χ4n) is 5.09. The van der Waals surface area contributed by atoms with Crippen molar-refractivity contribution < 1.29 is 26.0 Å². The van der Waals surface area contributed by atoms with E-state index in [0.717, 1.165) is 34.3 Å². The number of rotatable bonds is 7. The number of alkyl halides is 3. The maximum Gasteiger partial charge on any atom is 0.433 e. The van der Waals surface area contributed by atoms with Gasteiger partial charge in [-0.15, -0.1) is 0 Å². The SMILES string of the molecule is CC(Nc1nc(C(F)(F)F)ccc1-c1cc2nc(N)sc2cc1-c1cccc2c1N=CCN2)c1ccc(NS(C)(=O)=O)c(F)c1. The minimum absolute atomic E-state index is 0.105. The molecule has 15 heteroatoms. The highest BCUT2D eigenvalue weighted by atomic mass is 32.2. The van der Waals surface area contributed by atoms with Gasteiger partial charge < -0.3 is 16.4 Å². The molecule has 0 radical (unpaired) electrons. The molecular weight excluding hydrogens is 631 g/mol. The Balaban J connectivity index is 1.51. The molecule has 5 aromatic rings. The van der Waals surface area contributed by atoms with Gasteiger partial charge in [-0.1, -0.05) is 29.5 Å². The first kappa shape index (κ1) is 30.3. The van der Waals surface area contributed by atoms with Gasteiger partial charge in [0.15, 0.2) is 5.13 Å². The van der Waals surface area contributed by atoms with E-state index in [9.17, 15) is 26.0 Å². The quantitative estimate of drug-likeness (QED) is 0.134. The van der Waals surface area contributed by atoms with Gasteiger partial charge in [0, 0.05) is 17.3 Å². The van der Waals surface area contributed by atoms with Crippen molar-refractivity contribution in [2.24, 2.45) is 4.99 Å². The van der Waals surface area contributed by atoms with Gasteiger partial charge in [-0.3, -0.25) is 9.71 Å². The lowest BCUT2D eigenvalue weighted by molar-refractivity contribution is -0.141. The number of pyridine rings is 1. The second-order valence-electron chi connectivity index (χ2n) is 10.4. The zero-order chi connectivity index (χ0) is 32.1. The molecule has 2 aromatic heterocycles. The molecule has 0 spiro atoms. The molecule has 0 aliphatic carbocycles. The van der Waals surface area contributed by atoms with Gasteiger partial charge >= 0.3 is 6.18 Å². The Kier molecular flexibility index (Phi) is 7.61. The predicted octanol–water partition coefficient (Wildman–Crippen LogP) is 7.44. The van der Waals surface area contributed by atoms with Crippen molar-refractivity contribution in [1.82, 2.24) is 9.97 Å². The van der Waals surface area contributed by atoms with Crippen LogP contribution in [-0.2, 0) is 16.2 Å². The average Bonchev–Trinajstić information content (AvgIpc) is 3.35. The number of thiazole rings is 1. The lowest BCUT2D eigenvalue weighted by Crippen LogP contribution is -2.15. The van der Waals surface area contributed by atoms with Crippen LogP contribution in [0.2, 0.25) is 0 Å². The Morgan fingerprint density at radius 1 is 1.00 bits per heavy atom. The number of para-hydroxylation sites is 1. The van der Waals surface area contributed by atoms with Crippen LogP contribution >= 0.6 is 11.3 Å². The Morgan fingerprint density at radius 2 is 1.78 bits per heavy atom. The molecule has 0 saturated carbocycles. The van der Waals surface area contributed by atoms with E-state index < -0.39 is 33.8 Å². The van der Waals surface area contributed by atoms with Gasteiger partial charge in [-0.05, 0) is 66.1 Å². The number of fused-ring (bicyclic) bond motifs is 2. The van der Waals surface area contributed by atoms with E-state index in [1.165, 1.54) is 29.5 Å². The predicted molar refractivity (Wildman–Crippen MR) is 171 cm³/mol. The molecule has 0 saturated heterocycles. The molecule has 0 amide bonds. The number of aromatic nitrogens is 2. The van der Waals surface area contributed by atoms with Crippen LogP contribution < -0.4 is 21.1 Å². The summed E-state index contributed by atoms with van der Waals surface area (Å²) in [5.74, 6) is -0.952. The van der Waals surface area contributed by atoms with Gasteiger partial charge in [-0.2, -0.15) is 13.2 Å². The summed E-state index contributed by atoms with van der Waals surface area (Å²) < 4.78 is 82.5. The summed E-state index contributed by atoms with van der Waals surface area (Å²) in [6.07, 6.45) is -2.11. The first-order valence-corrected chi connectivity index (χ1v) is 16.2. The van der Waals surface area contributed by atoms with Gasteiger partial charge in [-0.25, -0.2) is 22.8 Å². The lowest BCUT2D eigenvalue weighted by atomic mass is 9.92. The molecule has 1 aliphatic heterocycles. The van der Waals surface area contributed by atoms with E-state index in [0.29, 0.717) is 45.1 Å². The van der Waals surface area contributed by atoms with Gasteiger partial charge in [0.2, 0.25) is 10.0 Å². The number of anilines is 4. The largest absolute Gasteiger partial charge is 0.433 e. The van der Waals surface area contributed by atoms with E-state index in [-0.39, 0.29) is 11.5 Å². The summed E-state index contributed by atoms with van der Waals surface area (Å²) in [6, 6.07) is 14.6. The van der Waals surface area contributed by atoms with E-state index in [2.05, 4.69) is 30.3 Å². The first-order chi connectivity index (χ1) is 21.3. The summed E-state index contributed by atoms with van der Waals surface area (Å²) in [5, 5.41) is 6.63. The van der Waals surface area contributed by atoms with Crippen LogP contribution in [0.15, 0.2) is 65.7 Å². The Morgan fingerprint density at radius 3 is 2.51 bits per heavy atom. The number of aliphatic imine (C=N–C) groups is 1. The number of hydrogen-bond donors (Lipinski definition) is 4. The topological polar surface area (TPSA) is 134 Å². The number of halogens is 4. The smallest absolute Gasteiger partial charge is 0.378 e. The molecule has 0 fully saturated rings. The van der Waals surface area contributed by atoms with Crippen molar-refractivity contribution in [2.75, 3.05) is 33.9 Å². The van der Waals surface area contributed by atoms with Crippen molar-refractivity contribution in [3.63, 3.8) is 0 Å². The van der Waals surface area contributed by atoms with E-state index >= 15 is 0 Å². The number of nitrogens with two attached hydrogens (primary N) is 1. The molecule has 3 aromatic carbocycles. The third-order valence-electron chi connectivity index (χ3n) is 7.09. The van der Waals surface area contributed by atoms with E-state index in [1.807, 2.05) is 24.3 Å². The van der Waals surface area contributed by atoms with Crippen molar-refractivity contribution in [3.05, 3.63) is 77.7 Å². The normalized spacial score (nSPS) is 13.7. The number of benzene rings is 3. The Labute approximate surface area is 259 Å². The molecule has 3 heterocycles. The number of hydrogen-bond acceptors (Lipinski definition) is 9. The third-order valence-corrected chi connectivity index (χ3v) is 8.53. The molecule has 9 nitrogen and oxygen atoms in total. The summed E-state index contributed by atoms with van der Waals surface area (Å²) in [4.78, 5) is 13.0. The zero-order valence-corrected chi connectivity index (χ0v) is 25.3. The minimum atomic E-state index is -4.74. The van der Waals surface area contributed by atoms with Crippen molar-refractivity contribution in [3.8, 4) is 22.3 Å². The summed E-state index contributed by atoms with van der Waals surface area (Å²) in [5.41, 5.74) is 9.28. The van der Waals surface area contributed by atoms with Gasteiger partial charge in [0.1, 0.15) is 17.3 Å². The standard InChI is InChI=1S/C30H25F4N7O2S2/c1-15(16-6-8-22(21(31)12-16)41-45(2,42)43)38-28-18(7-9-26(40-28)30(32,33)34)19-13-24-25(44-29(35)39-24)14-20(19)17-4-3-5-23-27(17)37-11-10-36-23/h3-9,11-15,36,41H,10H2,1-2H3,(H2,35,39)(H,38,40). The second kappa shape index (κ2) is 11.3. The van der Waals surface area contributed by atoms with E-state index in [1.54, 1.807) is 19.2 Å². The molecule has 5 N–H and O–H groups in total. The van der Waals surface area contributed by atoms with Gasteiger partial charge in [0.25, 0.3) is 0 Å². The highest BCUT2D eigenvalue weighted by Gasteiger charge is 2.34. The highest BCUT2D eigenvalue weighted by molar-refractivity contribution is 7.92. The number of nitrogens with zero attached hydrogens (tertiary/aromatic N) is 3. The minimum Gasteiger partial charge on any atom is -0.378 e. The fourth-order valence-corrected chi connectivity index (χ4v) is 6.41. The highest BCUT2D eigenvalue weighted by Crippen LogP contribution is 2.46. The number of nitrogens with one attached hydrogen (secondary N) is 3. The molecule has 232 valence electrons. The lowest BCUT2D eigenvalue weighted by Gasteiger charge is -2.22. The average molecular weight is 656 g/mol. The van der Waals surface area contributed by atoms with Crippen molar-refractivity contribution in [1.29, 1.82) is 0 Å². The maximum absolute atomic E-state index is 14.8. The van der Waals surface area contributed by atoms with Gasteiger partial charge in [0.05, 0.1) is 46.1 Å². The van der Waals surface area contributed by atoms with E-state index in [4.69, 9.17) is 5.73 Å². The number of nitrogen functional groups attached to an aromatic ring is 1.